The van der Waals surface area contributed by atoms with E-state index in [-0.39, 0.29) is 10.8 Å². The Hall–Kier alpha value is -0.370. The molecule has 1 saturated carbocycles. The minimum atomic E-state index is -0.175. The summed E-state index contributed by atoms with van der Waals surface area (Å²) in [6, 6.07) is 0. The lowest BCUT2D eigenvalue weighted by molar-refractivity contribution is -0.135. The van der Waals surface area contributed by atoms with Crippen LogP contribution in [0.3, 0.4) is 0 Å². The zero-order valence-electron chi connectivity index (χ0n) is 7.85. The Labute approximate surface area is 73.3 Å². The monoisotopic (exact) mass is 168 g/mol. The molecule has 1 saturated heterocycles. The molecule has 1 aliphatic carbocycles. The van der Waals surface area contributed by atoms with Crippen LogP contribution in [-0.2, 0) is 9.53 Å². The second-order valence-electron chi connectivity index (χ2n) is 4.66. The lowest BCUT2D eigenvalue weighted by atomic mass is 9.59. The quantitative estimate of drug-likeness (QED) is 0.551. The molecule has 0 N–H and O–H groups in total. The molecule has 0 unspecified atom stereocenters. The molecule has 2 heteroatoms. The van der Waals surface area contributed by atoms with Crippen LogP contribution < -0.4 is 0 Å². The van der Waals surface area contributed by atoms with Crippen molar-refractivity contribution in [1.82, 2.24) is 0 Å². The molecule has 2 fully saturated rings. The Morgan fingerprint density at radius 1 is 1.33 bits per heavy atom. The number of hydrogen-bond acceptors (Lipinski definition) is 2. The first-order chi connectivity index (χ1) is 5.58. The molecule has 12 heavy (non-hydrogen) atoms. The minimum absolute atomic E-state index is 0.127. The van der Waals surface area contributed by atoms with Gasteiger partial charge in [-0.25, -0.2) is 0 Å². The van der Waals surface area contributed by atoms with E-state index in [0.717, 1.165) is 25.9 Å². The second-order valence-corrected chi connectivity index (χ2v) is 4.66. The molecule has 0 aromatic carbocycles. The first-order valence-corrected chi connectivity index (χ1v) is 4.70. The molecule has 2 atom stereocenters. The zero-order valence-corrected chi connectivity index (χ0v) is 7.85. The Balaban J connectivity index is 2.36. The van der Waals surface area contributed by atoms with E-state index in [4.69, 9.17) is 4.74 Å². The Kier molecular flexibility index (Phi) is 1.59. The van der Waals surface area contributed by atoms with Crippen molar-refractivity contribution in [2.24, 2.45) is 10.8 Å². The van der Waals surface area contributed by atoms with Crippen LogP contribution in [-0.4, -0.2) is 19.0 Å². The SMILES string of the molecule is C[C@]12CCCC(=O)[C@@]1(C)COC2. The van der Waals surface area contributed by atoms with Crippen LogP contribution in [0.5, 0.6) is 0 Å². The summed E-state index contributed by atoms with van der Waals surface area (Å²) in [5, 5.41) is 0. The van der Waals surface area contributed by atoms with Gasteiger partial charge in [0.25, 0.3) is 0 Å². The topological polar surface area (TPSA) is 26.3 Å². The second kappa shape index (κ2) is 2.32. The molecule has 0 radical (unpaired) electrons. The molecule has 0 aromatic heterocycles. The van der Waals surface area contributed by atoms with Crippen molar-refractivity contribution in [1.29, 1.82) is 0 Å². The van der Waals surface area contributed by atoms with Gasteiger partial charge in [-0.3, -0.25) is 4.79 Å². The third-order valence-corrected chi connectivity index (χ3v) is 3.89. The molecule has 0 bridgehead atoms. The average molecular weight is 168 g/mol. The molecular formula is C10H16O2. The fourth-order valence-electron chi connectivity index (χ4n) is 2.49. The molecule has 0 amide bonds. The summed E-state index contributed by atoms with van der Waals surface area (Å²) in [5.41, 5.74) is -0.0480. The molecule has 2 rings (SSSR count). The van der Waals surface area contributed by atoms with Gasteiger partial charge in [-0.1, -0.05) is 6.92 Å². The number of carbonyl (C=O) groups excluding carboxylic acids is 1. The van der Waals surface area contributed by atoms with E-state index in [1.165, 1.54) is 0 Å². The highest BCUT2D eigenvalue weighted by Gasteiger charge is 2.55. The van der Waals surface area contributed by atoms with Crippen molar-refractivity contribution in [3.63, 3.8) is 0 Å². The number of rotatable bonds is 0. The highest BCUT2D eigenvalue weighted by Crippen LogP contribution is 2.52. The number of fused-ring (bicyclic) bond motifs is 1. The number of hydrogen-bond donors (Lipinski definition) is 0. The Bertz CT molecular complexity index is 224. The van der Waals surface area contributed by atoms with Crippen LogP contribution >= 0.6 is 0 Å². The van der Waals surface area contributed by atoms with Gasteiger partial charge in [-0.2, -0.15) is 0 Å². The van der Waals surface area contributed by atoms with Crippen molar-refractivity contribution in [3.8, 4) is 0 Å². The molecule has 2 nitrogen and oxygen atoms in total. The van der Waals surface area contributed by atoms with E-state index in [2.05, 4.69) is 13.8 Å². The van der Waals surface area contributed by atoms with Gasteiger partial charge in [0.15, 0.2) is 0 Å². The summed E-state index contributed by atoms with van der Waals surface area (Å²) in [4.78, 5) is 11.7. The van der Waals surface area contributed by atoms with E-state index in [1.807, 2.05) is 0 Å². The van der Waals surface area contributed by atoms with Gasteiger partial charge in [-0.05, 0) is 19.8 Å². The van der Waals surface area contributed by atoms with Gasteiger partial charge >= 0.3 is 0 Å². The van der Waals surface area contributed by atoms with E-state index < -0.39 is 0 Å². The van der Waals surface area contributed by atoms with E-state index in [0.29, 0.717) is 12.4 Å². The van der Waals surface area contributed by atoms with Gasteiger partial charge in [0.2, 0.25) is 0 Å². The molecule has 1 aliphatic heterocycles. The predicted octanol–water partition coefficient (Wildman–Crippen LogP) is 1.78. The van der Waals surface area contributed by atoms with Gasteiger partial charge in [0.05, 0.1) is 18.6 Å². The first kappa shape index (κ1) is 8.24. The standard InChI is InChI=1S/C10H16O2/c1-9-5-3-4-8(11)10(9,2)7-12-6-9/h3-7H2,1-2H3/t9-,10-/m1/s1. The van der Waals surface area contributed by atoms with Gasteiger partial charge in [0, 0.05) is 11.8 Å². The summed E-state index contributed by atoms with van der Waals surface area (Å²) >= 11 is 0. The van der Waals surface area contributed by atoms with E-state index in [1.54, 1.807) is 0 Å². The van der Waals surface area contributed by atoms with Crippen LogP contribution in [0.2, 0.25) is 0 Å². The highest BCUT2D eigenvalue weighted by atomic mass is 16.5. The van der Waals surface area contributed by atoms with Crippen LogP contribution in [0.25, 0.3) is 0 Å². The van der Waals surface area contributed by atoms with Crippen LogP contribution in [0, 0.1) is 10.8 Å². The predicted molar refractivity (Wildman–Crippen MR) is 45.9 cm³/mol. The fraction of sp³-hybridized carbons (Fsp3) is 0.900. The van der Waals surface area contributed by atoms with Gasteiger partial charge in [-0.15, -0.1) is 0 Å². The maximum atomic E-state index is 11.7. The summed E-state index contributed by atoms with van der Waals surface area (Å²) in [6.07, 6.45) is 2.96. The van der Waals surface area contributed by atoms with Crippen molar-refractivity contribution in [2.75, 3.05) is 13.2 Å². The average Bonchev–Trinajstić information content (AvgIpc) is 2.30. The molecular weight excluding hydrogens is 152 g/mol. The molecule has 0 aromatic rings. The van der Waals surface area contributed by atoms with Crippen LogP contribution in [0.4, 0.5) is 0 Å². The number of ketones is 1. The molecule has 68 valence electrons. The maximum absolute atomic E-state index is 11.7. The van der Waals surface area contributed by atoms with E-state index >= 15 is 0 Å². The number of carbonyl (C=O) groups is 1. The highest BCUT2D eigenvalue weighted by molar-refractivity contribution is 5.86. The Morgan fingerprint density at radius 2 is 2.08 bits per heavy atom. The van der Waals surface area contributed by atoms with Crippen molar-refractivity contribution in [3.05, 3.63) is 0 Å². The lowest BCUT2D eigenvalue weighted by Gasteiger charge is -2.41. The summed E-state index contributed by atoms with van der Waals surface area (Å²) in [7, 11) is 0. The van der Waals surface area contributed by atoms with Crippen LogP contribution in [0.15, 0.2) is 0 Å². The normalized spacial score (nSPS) is 47.7. The minimum Gasteiger partial charge on any atom is -0.380 e. The smallest absolute Gasteiger partial charge is 0.141 e. The Morgan fingerprint density at radius 3 is 2.75 bits per heavy atom. The summed E-state index contributed by atoms with van der Waals surface area (Å²) in [5.74, 6) is 0.411. The zero-order chi connectivity index (χ0) is 8.82. The third-order valence-electron chi connectivity index (χ3n) is 3.89. The van der Waals surface area contributed by atoms with Gasteiger partial charge < -0.3 is 4.74 Å². The van der Waals surface area contributed by atoms with Crippen LogP contribution in [0.1, 0.15) is 33.1 Å². The number of Topliss-reactive ketones (excluding diaryl/α,β-unsaturated/α-hetero) is 1. The summed E-state index contributed by atoms with van der Waals surface area (Å²) in [6.45, 7) is 5.68. The molecule has 2 aliphatic rings. The first-order valence-electron chi connectivity index (χ1n) is 4.70. The largest absolute Gasteiger partial charge is 0.380 e. The fourth-order valence-corrected chi connectivity index (χ4v) is 2.49. The van der Waals surface area contributed by atoms with E-state index in [9.17, 15) is 4.79 Å². The third kappa shape index (κ3) is 0.817. The van der Waals surface area contributed by atoms with Crippen molar-refractivity contribution < 1.29 is 9.53 Å². The van der Waals surface area contributed by atoms with Gasteiger partial charge in [0.1, 0.15) is 5.78 Å². The van der Waals surface area contributed by atoms with Crippen molar-refractivity contribution in [2.45, 2.75) is 33.1 Å². The summed E-state index contributed by atoms with van der Waals surface area (Å²) < 4.78 is 5.45. The van der Waals surface area contributed by atoms with Crippen molar-refractivity contribution >= 4 is 5.78 Å². The molecule has 1 heterocycles. The lowest BCUT2D eigenvalue weighted by Crippen LogP contribution is -2.46. The number of ether oxygens (including phenoxy) is 1. The molecule has 0 spiro atoms. The maximum Gasteiger partial charge on any atom is 0.141 e.